The number of aryl methyl sites for hydroxylation is 3. The average Bonchev–Trinajstić information content (AvgIpc) is 2.50. The summed E-state index contributed by atoms with van der Waals surface area (Å²) in [6, 6.07) is 9.95. The van der Waals surface area contributed by atoms with Crippen molar-refractivity contribution in [3.05, 3.63) is 58.1 Å². The molecule has 0 aliphatic rings. The number of benzene rings is 2. The Morgan fingerprint density at radius 3 is 1.77 bits per heavy atom. The number of rotatable bonds is 1. The van der Waals surface area contributed by atoms with E-state index in [0.29, 0.717) is 11.5 Å². The molecule has 26 heavy (non-hydrogen) atoms. The molecule has 2 aromatic rings. The van der Waals surface area contributed by atoms with Crippen LogP contribution in [-0.4, -0.2) is 10.2 Å². The fraction of sp³-hybridized carbons (Fsp3) is 0.500. The molecule has 0 unspecified atom stereocenters. The molecule has 0 radical (unpaired) electrons. The normalized spacial score (nSPS) is 11.7. The van der Waals surface area contributed by atoms with Crippen molar-refractivity contribution in [2.75, 3.05) is 0 Å². The highest BCUT2D eigenvalue weighted by atomic mass is 16.3. The minimum Gasteiger partial charge on any atom is -0.508 e. The van der Waals surface area contributed by atoms with Crippen molar-refractivity contribution in [1.29, 1.82) is 0 Å². The first-order valence-electron chi connectivity index (χ1n) is 9.40. The van der Waals surface area contributed by atoms with Crippen molar-refractivity contribution in [1.82, 2.24) is 0 Å². The molecule has 0 amide bonds. The van der Waals surface area contributed by atoms with Crippen molar-refractivity contribution < 1.29 is 10.2 Å². The molecule has 144 valence electrons. The van der Waals surface area contributed by atoms with Gasteiger partial charge in [0.2, 0.25) is 0 Å². The van der Waals surface area contributed by atoms with Crippen LogP contribution in [0.2, 0.25) is 0 Å². The van der Waals surface area contributed by atoms with E-state index in [4.69, 9.17) is 5.11 Å². The Balaban J connectivity index is 0.000000314. The van der Waals surface area contributed by atoms with Crippen LogP contribution in [-0.2, 0) is 17.3 Å². The van der Waals surface area contributed by atoms with E-state index in [2.05, 4.69) is 60.6 Å². The van der Waals surface area contributed by atoms with E-state index in [1.807, 2.05) is 26.0 Å². The van der Waals surface area contributed by atoms with E-state index in [0.717, 1.165) is 28.7 Å². The molecule has 0 saturated heterocycles. The molecule has 0 aliphatic carbocycles. The monoisotopic (exact) mass is 356 g/mol. The van der Waals surface area contributed by atoms with Crippen LogP contribution in [0.4, 0.5) is 0 Å². The topological polar surface area (TPSA) is 40.5 Å². The van der Waals surface area contributed by atoms with Crippen molar-refractivity contribution in [2.45, 2.75) is 79.6 Å². The largest absolute Gasteiger partial charge is 0.508 e. The molecular weight excluding hydrogens is 320 g/mol. The fourth-order valence-corrected chi connectivity index (χ4v) is 2.69. The van der Waals surface area contributed by atoms with Gasteiger partial charge in [-0.25, -0.2) is 0 Å². The maximum absolute atomic E-state index is 10.3. The van der Waals surface area contributed by atoms with Crippen molar-refractivity contribution in [2.24, 2.45) is 0 Å². The summed E-state index contributed by atoms with van der Waals surface area (Å²) in [6.45, 7) is 19.0. The first-order chi connectivity index (χ1) is 11.8. The average molecular weight is 357 g/mol. The maximum atomic E-state index is 10.3. The molecule has 2 nitrogen and oxygen atoms in total. The second-order valence-corrected chi connectivity index (χ2v) is 9.18. The zero-order valence-corrected chi connectivity index (χ0v) is 18.0. The van der Waals surface area contributed by atoms with Gasteiger partial charge in [-0.05, 0) is 65.0 Å². The predicted octanol–water partition coefficient (Wildman–Crippen LogP) is 6.56. The van der Waals surface area contributed by atoms with Gasteiger partial charge >= 0.3 is 0 Å². The third kappa shape index (κ3) is 5.79. The summed E-state index contributed by atoms with van der Waals surface area (Å²) in [6.07, 6.45) is 0.874. The van der Waals surface area contributed by atoms with Crippen LogP contribution >= 0.6 is 0 Å². The summed E-state index contributed by atoms with van der Waals surface area (Å²) in [5.74, 6) is 0.864. The van der Waals surface area contributed by atoms with Gasteiger partial charge in [-0.3, -0.25) is 0 Å². The molecule has 0 heterocycles. The molecule has 2 aromatic carbocycles. The molecular formula is C24H36O2. The summed E-state index contributed by atoms with van der Waals surface area (Å²) in [5, 5.41) is 19.4. The van der Waals surface area contributed by atoms with Crippen LogP contribution in [0.15, 0.2) is 30.3 Å². The summed E-state index contributed by atoms with van der Waals surface area (Å²) < 4.78 is 0. The molecule has 2 heteroatoms. The Labute approximate surface area is 159 Å². The van der Waals surface area contributed by atoms with E-state index in [-0.39, 0.29) is 10.8 Å². The lowest BCUT2D eigenvalue weighted by Crippen LogP contribution is -2.17. The Hall–Kier alpha value is -1.96. The maximum Gasteiger partial charge on any atom is 0.122 e. The molecule has 2 rings (SSSR count). The number of phenolic OH excluding ortho intramolecular Hbond substituents is 2. The van der Waals surface area contributed by atoms with Gasteiger partial charge in [0.25, 0.3) is 0 Å². The zero-order chi connectivity index (χ0) is 20.3. The quantitative estimate of drug-likeness (QED) is 0.607. The van der Waals surface area contributed by atoms with Crippen LogP contribution in [0, 0.1) is 13.8 Å². The highest BCUT2D eigenvalue weighted by Crippen LogP contribution is 2.37. The van der Waals surface area contributed by atoms with Gasteiger partial charge in [0.1, 0.15) is 11.5 Å². The molecule has 0 aromatic heterocycles. The Kier molecular flexibility index (Phi) is 6.93. The van der Waals surface area contributed by atoms with E-state index in [1.54, 1.807) is 6.07 Å². The molecule has 0 fully saturated rings. The van der Waals surface area contributed by atoms with E-state index >= 15 is 0 Å². The Morgan fingerprint density at radius 2 is 1.38 bits per heavy atom. The standard InChI is InChI=1S/C16H26O.C8H10O/c1-8-11-9-12(15(2,3)4)10-13(14(11)17)16(5,6)7;1-6-3-4-7(2)8(9)5-6/h9-10,17H,8H2,1-7H3;3-5,9H,1-2H3. The highest BCUT2D eigenvalue weighted by molar-refractivity contribution is 5.48. The van der Waals surface area contributed by atoms with Crippen LogP contribution in [0.3, 0.4) is 0 Å². The van der Waals surface area contributed by atoms with E-state index in [1.165, 1.54) is 5.56 Å². The van der Waals surface area contributed by atoms with Gasteiger partial charge in [-0.2, -0.15) is 0 Å². The molecule has 0 atom stereocenters. The minimum atomic E-state index is -0.0186. The van der Waals surface area contributed by atoms with Crippen LogP contribution in [0.5, 0.6) is 11.5 Å². The lowest BCUT2D eigenvalue weighted by atomic mass is 9.78. The first-order valence-corrected chi connectivity index (χ1v) is 9.40. The van der Waals surface area contributed by atoms with Gasteiger partial charge in [-0.15, -0.1) is 0 Å². The van der Waals surface area contributed by atoms with E-state index < -0.39 is 0 Å². The summed E-state index contributed by atoms with van der Waals surface area (Å²) in [7, 11) is 0. The molecule has 0 aliphatic heterocycles. The SMILES string of the molecule is CCc1cc(C(C)(C)C)cc(C(C)(C)C)c1O.Cc1ccc(C)c(O)c1. The number of hydrogen-bond acceptors (Lipinski definition) is 2. The number of aromatic hydroxyl groups is 2. The number of hydrogen-bond donors (Lipinski definition) is 2. The molecule has 2 N–H and O–H groups in total. The lowest BCUT2D eigenvalue weighted by Gasteiger charge is -2.27. The predicted molar refractivity (Wildman–Crippen MR) is 112 cm³/mol. The van der Waals surface area contributed by atoms with Gasteiger partial charge < -0.3 is 10.2 Å². The van der Waals surface area contributed by atoms with Crippen LogP contribution < -0.4 is 0 Å². The third-order valence-corrected chi connectivity index (χ3v) is 4.61. The van der Waals surface area contributed by atoms with Crippen molar-refractivity contribution >= 4 is 0 Å². The third-order valence-electron chi connectivity index (χ3n) is 4.61. The van der Waals surface area contributed by atoms with Gasteiger partial charge in [-0.1, -0.05) is 72.7 Å². The Morgan fingerprint density at radius 1 is 0.808 bits per heavy atom. The number of phenols is 2. The van der Waals surface area contributed by atoms with Crippen molar-refractivity contribution in [3.63, 3.8) is 0 Å². The van der Waals surface area contributed by atoms with Gasteiger partial charge in [0.15, 0.2) is 0 Å². The van der Waals surface area contributed by atoms with Crippen LogP contribution in [0.25, 0.3) is 0 Å². The smallest absolute Gasteiger partial charge is 0.122 e. The second kappa shape index (κ2) is 8.16. The lowest BCUT2D eigenvalue weighted by molar-refractivity contribution is 0.438. The molecule has 0 saturated carbocycles. The first kappa shape index (κ1) is 22.1. The summed E-state index contributed by atoms with van der Waals surface area (Å²) >= 11 is 0. The Bertz CT molecular complexity index is 744. The molecule has 0 spiro atoms. The van der Waals surface area contributed by atoms with E-state index in [9.17, 15) is 5.11 Å². The van der Waals surface area contributed by atoms with Gasteiger partial charge in [0.05, 0.1) is 0 Å². The van der Waals surface area contributed by atoms with Crippen LogP contribution in [0.1, 0.15) is 76.3 Å². The van der Waals surface area contributed by atoms with Crippen molar-refractivity contribution in [3.8, 4) is 11.5 Å². The molecule has 0 bridgehead atoms. The summed E-state index contributed by atoms with van der Waals surface area (Å²) in [5.41, 5.74) is 5.55. The minimum absolute atomic E-state index is 0.0186. The second-order valence-electron chi connectivity index (χ2n) is 9.18. The fourth-order valence-electron chi connectivity index (χ4n) is 2.69. The summed E-state index contributed by atoms with van der Waals surface area (Å²) in [4.78, 5) is 0. The highest BCUT2D eigenvalue weighted by Gasteiger charge is 2.24. The van der Waals surface area contributed by atoms with Gasteiger partial charge in [0, 0.05) is 0 Å². The zero-order valence-electron chi connectivity index (χ0n) is 18.0.